The Kier molecular flexibility index (Phi) is 7.96. The number of ether oxygens (including phenoxy) is 2. The van der Waals surface area contributed by atoms with Gasteiger partial charge in [0, 0.05) is 12.6 Å². The number of cyclic esters (lactones) is 1. The maximum absolute atomic E-state index is 12.8. The van der Waals surface area contributed by atoms with Crippen LogP contribution in [0.4, 0.5) is 0 Å². The number of carbonyl (C=O) groups excluding carboxylic acids is 2. The topological polar surface area (TPSA) is 130 Å². The number of phenols is 1. The Labute approximate surface area is 185 Å². The molecule has 0 unspecified atom stereocenters. The number of aliphatic hydroxyl groups is 1. The lowest BCUT2D eigenvalue weighted by Crippen LogP contribution is -2.35. The third-order valence-corrected chi connectivity index (χ3v) is 4.66. The van der Waals surface area contributed by atoms with Gasteiger partial charge in [-0.1, -0.05) is 47.7 Å². The van der Waals surface area contributed by atoms with E-state index < -0.39 is 24.3 Å². The van der Waals surface area contributed by atoms with Gasteiger partial charge < -0.3 is 29.8 Å². The third-order valence-electron chi connectivity index (χ3n) is 4.66. The molecule has 9 nitrogen and oxygen atoms in total. The molecule has 0 aliphatic carbocycles. The van der Waals surface area contributed by atoms with Crippen LogP contribution in [0, 0.1) is 0 Å². The van der Waals surface area contributed by atoms with Crippen LogP contribution in [0.5, 0.6) is 5.75 Å². The zero-order chi connectivity index (χ0) is 22.9. The molecule has 0 radical (unpaired) electrons. The number of esters is 1. The van der Waals surface area contributed by atoms with Gasteiger partial charge in [0.15, 0.2) is 0 Å². The van der Waals surface area contributed by atoms with Gasteiger partial charge in [-0.15, -0.1) is 0 Å². The van der Waals surface area contributed by atoms with Crippen molar-refractivity contribution < 1.29 is 34.1 Å². The molecule has 1 aromatic rings. The van der Waals surface area contributed by atoms with Crippen molar-refractivity contribution >= 4 is 24.2 Å². The van der Waals surface area contributed by atoms with E-state index in [-0.39, 0.29) is 29.9 Å². The summed E-state index contributed by atoms with van der Waals surface area (Å²) in [4.78, 5) is 29.0. The van der Waals surface area contributed by atoms with Gasteiger partial charge in [0.1, 0.15) is 42.8 Å². The van der Waals surface area contributed by atoms with E-state index in [1.165, 1.54) is 37.6 Å². The second-order valence-electron chi connectivity index (χ2n) is 6.88. The molecule has 0 bridgehead atoms. The fourth-order valence-electron chi connectivity index (χ4n) is 3.06. The highest BCUT2D eigenvalue weighted by atomic mass is 16.6. The maximum Gasteiger partial charge on any atom is 0.343 e. The van der Waals surface area contributed by atoms with Crippen LogP contribution in [0.25, 0.3) is 6.08 Å². The fraction of sp³-hybridized carbons (Fsp3) is 0.261. The van der Waals surface area contributed by atoms with Crippen LogP contribution in [-0.2, 0) is 19.1 Å². The van der Waals surface area contributed by atoms with Crippen molar-refractivity contribution in [3.05, 3.63) is 71.9 Å². The zero-order valence-electron chi connectivity index (χ0n) is 17.3. The molecular weight excluding hydrogens is 416 g/mol. The molecule has 1 aromatic carbocycles. The predicted molar refractivity (Wildman–Crippen MR) is 117 cm³/mol. The number of epoxide rings is 1. The quantitative estimate of drug-likeness (QED) is 0.153. The minimum absolute atomic E-state index is 0.00671. The number of allylic oxidation sites excluding steroid dienone is 3. The van der Waals surface area contributed by atoms with Crippen LogP contribution in [0.15, 0.2) is 65.9 Å². The Morgan fingerprint density at radius 1 is 1.34 bits per heavy atom. The molecule has 0 aromatic heterocycles. The summed E-state index contributed by atoms with van der Waals surface area (Å²) in [5.41, 5.74) is 0.467. The first-order valence-electron chi connectivity index (χ1n) is 9.90. The van der Waals surface area contributed by atoms with E-state index in [9.17, 15) is 19.8 Å². The first-order chi connectivity index (χ1) is 15.5. The van der Waals surface area contributed by atoms with Crippen molar-refractivity contribution in [1.82, 2.24) is 5.32 Å². The smallest absolute Gasteiger partial charge is 0.343 e. The van der Waals surface area contributed by atoms with E-state index in [1.54, 1.807) is 42.5 Å². The Morgan fingerprint density at radius 3 is 3.00 bits per heavy atom. The summed E-state index contributed by atoms with van der Waals surface area (Å²) in [7, 11) is 1.39. The van der Waals surface area contributed by atoms with Gasteiger partial charge in [-0.05, 0) is 23.8 Å². The van der Waals surface area contributed by atoms with E-state index >= 15 is 0 Å². The molecule has 9 heteroatoms. The molecule has 4 atom stereocenters. The Balaban J connectivity index is 1.73. The molecule has 1 amide bonds. The number of aliphatic hydroxyl groups excluding tert-OH is 1. The molecule has 32 heavy (non-hydrogen) atoms. The average Bonchev–Trinajstić information content (AvgIpc) is 3.54. The summed E-state index contributed by atoms with van der Waals surface area (Å²) in [6, 6.07) is 4.67. The highest BCUT2D eigenvalue weighted by Crippen LogP contribution is 2.31. The van der Waals surface area contributed by atoms with E-state index in [1.807, 2.05) is 0 Å². The SMILES string of the molecule is CO/N=C/C=C\C(=O)NC/C=C/[C@@H]1OC(=O)c2c(O)cccc2/C=C/C=C\[C@H]2O[C@H]2[C@@H]1O. The maximum atomic E-state index is 12.8. The van der Waals surface area contributed by atoms with Crippen LogP contribution in [0.1, 0.15) is 15.9 Å². The van der Waals surface area contributed by atoms with Crippen molar-refractivity contribution in [2.24, 2.45) is 5.16 Å². The summed E-state index contributed by atoms with van der Waals surface area (Å²) in [6.07, 6.45) is 10.9. The van der Waals surface area contributed by atoms with Crippen LogP contribution in [-0.4, -0.2) is 66.4 Å². The normalized spacial score (nSPS) is 27.1. The number of hydrogen-bond acceptors (Lipinski definition) is 8. The van der Waals surface area contributed by atoms with Gasteiger partial charge in [0.05, 0.1) is 6.21 Å². The average molecular weight is 440 g/mol. The fourth-order valence-corrected chi connectivity index (χ4v) is 3.06. The molecular formula is C23H24N2O7. The van der Waals surface area contributed by atoms with Gasteiger partial charge in [-0.2, -0.15) is 0 Å². The molecule has 2 aliphatic heterocycles. The van der Waals surface area contributed by atoms with Gasteiger partial charge in [0.25, 0.3) is 0 Å². The van der Waals surface area contributed by atoms with Crippen LogP contribution in [0.2, 0.25) is 0 Å². The lowest BCUT2D eigenvalue weighted by Gasteiger charge is -2.20. The number of oxime groups is 1. The standard InChI is InChI=1S/C23H24N2O7/c1-30-25-14-6-12-19(27)24-13-5-11-17-21(28)22-18(31-22)10-3-2-7-15-8-4-9-16(26)20(15)23(29)32-17/h2-12,14,17-18,21-22,26,28H,13H2,1H3,(H,24,27)/b7-2+,10-3-,11-5+,12-6-,25-14+/t17-,18+,21+,22+/m0/s1. The first kappa shape index (κ1) is 23.0. The number of phenolic OH excluding ortho intramolecular Hbond substituents is 1. The van der Waals surface area contributed by atoms with Crippen molar-refractivity contribution in [3.63, 3.8) is 0 Å². The van der Waals surface area contributed by atoms with Crippen molar-refractivity contribution in [2.45, 2.75) is 24.4 Å². The van der Waals surface area contributed by atoms with Crippen molar-refractivity contribution in [3.8, 4) is 5.75 Å². The summed E-state index contributed by atoms with van der Waals surface area (Å²) in [6.45, 7) is 0.130. The van der Waals surface area contributed by atoms with Gasteiger partial charge in [-0.3, -0.25) is 4.79 Å². The second-order valence-corrected chi connectivity index (χ2v) is 6.88. The molecule has 1 saturated heterocycles. The lowest BCUT2D eigenvalue weighted by atomic mass is 10.0. The zero-order valence-corrected chi connectivity index (χ0v) is 17.3. The number of hydrogen-bond donors (Lipinski definition) is 3. The summed E-state index contributed by atoms with van der Waals surface area (Å²) in [5, 5.41) is 27.0. The van der Waals surface area contributed by atoms with Crippen molar-refractivity contribution in [2.75, 3.05) is 13.7 Å². The van der Waals surface area contributed by atoms with E-state index in [0.717, 1.165) is 0 Å². The molecule has 0 spiro atoms. The highest BCUT2D eigenvalue weighted by molar-refractivity contribution is 5.96. The Morgan fingerprint density at radius 2 is 2.19 bits per heavy atom. The van der Waals surface area contributed by atoms with E-state index in [2.05, 4.69) is 15.3 Å². The number of nitrogens with zero attached hydrogens (tertiary/aromatic N) is 1. The summed E-state index contributed by atoms with van der Waals surface area (Å²) < 4.78 is 11.0. The number of rotatable bonds is 6. The number of fused-ring (bicyclic) bond motifs is 2. The van der Waals surface area contributed by atoms with Crippen LogP contribution < -0.4 is 5.32 Å². The first-order valence-corrected chi connectivity index (χ1v) is 9.90. The number of nitrogens with one attached hydrogen (secondary N) is 1. The number of carbonyl (C=O) groups is 2. The monoisotopic (exact) mass is 440 g/mol. The van der Waals surface area contributed by atoms with E-state index in [4.69, 9.17) is 9.47 Å². The molecule has 0 saturated carbocycles. The Bertz CT molecular complexity index is 981. The molecule has 3 rings (SSSR count). The molecule has 2 aliphatic rings. The van der Waals surface area contributed by atoms with Crippen molar-refractivity contribution in [1.29, 1.82) is 0 Å². The largest absolute Gasteiger partial charge is 0.507 e. The Hall–Kier alpha value is -3.69. The highest BCUT2D eigenvalue weighted by Gasteiger charge is 2.46. The lowest BCUT2D eigenvalue weighted by molar-refractivity contribution is -0.116. The van der Waals surface area contributed by atoms with Crippen LogP contribution in [0.3, 0.4) is 0 Å². The van der Waals surface area contributed by atoms with Crippen LogP contribution >= 0.6 is 0 Å². The molecule has 3 N–H and O–H groups in total. The summed E-state index contributed by atoms with van der Waals surface area (Å²) in [5.74, 6) is -1.38. The number of aromatic hydroxyl groups is 1. The van der Waals surface area contributed by atoms with Gasteiger partial charge >= 0.3 is 5.97 Å². The van der Waals surface area contributed by atoms with Gasteiger partial charge in [-0.25, -0.2) is 4.79 Å². The molecule has 2 heterocycles. The number of amides is 1. The molecule has 168 valence electrons. The minimum atomic E-state index is -1.14. The summed E-state index contributed by atoms with van der Waals surface area (Å²) >= 11 is 0. The number of benzene rings is 1. The third kappa shape index (κ3) is 6.16. The minimum Gasteiger partial charge on any atom is -0.507 e. The predicted octanol–water partition coefficient (Wildman–Crippen LogP) is 1.49. The molecule has 1 fully saturated rings. The second kappa shape index (κ2) is 11.1. The van der Waals surface area contributed by atoms with E-state index in [0.29, 0.717) is 5.56 Å². The van der Waals surface area contributed by atoms with Gasteiger partial charge in [0.2, 0.25) is 5.91 Å².